The highest BCUT2D eigenvalue weighted by atomic mass is 32.1. The smallest absolute Gasteiger partial charge is 0.255 e. The maximum Gasteiger partial charge on any atom is 0.255 e. The van der Waals surface area contributed by atoms with Crippen LogP contribution < -0.4 is 5.32 Å². The third-order valence-electron chi connectivity index (χ3n) is 4.88. The summed E-state index contributed by atoms with van der Waals surface area (Å²) in [4.78, 5) is 27.1. The SMILES string of the molecule is O=C(CCc1nnc(-c2ccsc2)o1)Nc1ccccc1C(=O)N1CCCCC1. The summed E-state index contributed by atoms with van der Waals surface area (Å²) in [6, 6.07) is 9.06. The van der Waals surface area contributed by atoms with Gasteiger partial charge >= 0.3 is 0 Å². The van der Waals surface area contributed by atoms with E-state index in [2.05, 4.69) is 15.5 Å². The highest BCUT2D eigenvalue weighted by Gasteiger charge is 2.21. The quantitative estimate of drug-likeness (QED) is 0.664. The molecule has 1 fully saturated rings. The van der Waals surface area contributed by atoms with Crippen LogP contribution in [-0.4, -0.2) is 40.0 Å². The molecule has 0 atom stereocenters. The normalized spacial score (nSPS) is 14.0. The Hall–Kier alpha value is -3.00. The topological polar surface area (TPSA) is 88.3 Å². The van der Waals surface area contributed by atoms with Crippen molar-refractivity contribution in [1.82, 2.24) is 15.1 Å². The fourth-order valence-electron chi connectivity index (χ4n) is 3.34. The number of thiophene rings is 1. The third-order valence-corrected chi connectivity index (χ3v) is 5.56. The van der Waals surface area contributed by atoms with Crippen molar-refractivity contribution in [3.8, 4) is 11.5 Å². The molecule has 0 saturated carbocycles. The molecule has 1 N–H and O–H groups in total. The lowest BCUT2D eigenvalue weighted by Gasteiger charge is -2.27. The number of para-hydroxylation sites is 1. The number of carbonyl (C=O) groups excluding carboxylic acids is 2. The van der Waals surface area contributed by atoms with Gasteiger partial charge in [0.15, 0.2) is 0 Å². The number of carbonyl (C=O) groups is 2. The minimum Gasteiger partial charge on any atom is -0.421 e. The minimum atomic E-state index is -0.195. The highest BCUT2D eigenvalue weighted by molar-refractivity contribution is 7.08. The van der Waals surface area contributed by atoms with Crippen molar-refractivity contribution in [3.05, 3.63) is 52.5 Å². The van der Waals surface area contributed by atoms with Crippen LogP contribution in [0.25, 0.3) is 11.5 Å². The number of hydrogen-bond acceptors (Lipinski definition) is 6. The van der Waals surface area contributed by atoms with E-state index in [1.807, 2.05) is 33.9 Å². The molecule has 150 valence electrons. The van der Waals surface area contributed by atoms with E-state index in [0.29, 0.717) is 29.5 Å². The number of aromatic nitrogens is 2. The van der Waals surface area contributed by atoms with Gasteiger partial charge in [-0.25, -0.2) is 0 Å². The molecule has 0 aliphatic carbocycles. The van der Waals surface area contributed by atoms with Crippen LogP contribution in [-0.2, 0) is 11.2 Å². The van der Waals surface area contributed by atoms with Crippen LogP contribution in [0.5, 0.6) is 0 Å². The Bertz CT molecular complexity index is 977. The number of likely N-dealkylation sites (tertiary alicyclic amines) is 1. The van der Waals surface area contributed by atoms with Gasteiger partial charge in [0.05, 0.1) is 11.3 Å². The summed E-state index contributed by atoms with van der Waals surface area (Å²) < 4.78 is 5.61. The van der Waals surface area contributed by atoms with Crippen LogP contribution in [0.3, 0.4) is 0 Å². The van der Waals surface area contributed by atoms with Gasteiger partial charge in [-0.3, -0.25) is 9.59 Å². The number of amides is 2. The lowest BCUT2D eigenvalue weighted by Crippen LogP contribution is -2.36. The number of nitrogens with zero attached hydrogens (tertiary/aromatic N) is 3. The molecule has 1 aromatic carbocycles. The molecule has 0 bridgehead atoms. The van der Waals surface area contributed by atoms with Gasteiger partial charge in [-0.1, -0.05) is 12.1 Å². The zero-order valence-corrected chi connectivity index (χ0v) is 16.8. The zero-order valence-electron chi connectivity index (χ0n) is 16.0. The molecule has 0 spiro atoms. The summed E-state index contributed by atoms with van der Waals surface area (Å²) in [7, 11) is 0. The summed E-state index contributed by atoms with van der Waals surface area (Å²) in [5.41, 5.74) is 1.95. The summed E-state index contributed by atoms with van der Waals surface area (Å²) >= 11 is 1.55. The predicted molar refractivity (Wildman–Crippen MR) is 111 cm³/mol. The molecular formula is C21H22N4O3S. The molecule has 2 amide bonds. The second-order valence-electron chi connectivity index (χ2n) is 6.96. The molecule has 7 nitrogen and oxygen atoms in total. The number of benzene rings is 1. The van der Waals surface area contributed by atoms with Gasteiger partial charge in [-0.05, 0) is 42.8 Å². The van der Waals surface area contributed by atoms with E-state index in [4.69, 9.17) is 4.42 Å². The first-order valence-electron chi connectivity index (χ1n) is 9.74. The molecule has 0 radical (unpaired) electrons. The molecule has 1 aliphatic heterocycles. The van der Waals surface area contributed by atoms with Crippen molar-refractivity contribution >= 4 is 28.8 Å². The maximum absolute atomic E-state index is 12.8. The molecule has 8 heteroatoms. The van der Waals surface area contributed by atoms with Gasteiger partial charge in [-0.15, -0.1) is 10.2 Å². The molecule has 4 rings (SSSR count). The summed E-state index contributed by atoms with van der Waals surface area (Å²) in [5.74, 6) is 0.648. The first-order chi connectivity index (χ1) is 14.2. The lowest BCUT2D eigenvalue weighted by molar-refractivity contribution is -0.116. The first-order valence-corrected chi connectivity index (χ1v) is 10.7. The third kappa shape index (κ3) is 4.71. The molecule has 0 unspecified atom stereocenters. The Morgan fingerprint density at radius 1 is 1.10 bits per heavy atom. The van der Waals surface area contributed by atoms with Gasteiger partial charge in [0.2, 0.25) is 17.7 Å². The van der Waals surface area contributed by atoms with Crippen molar-refractivity contribution in [2.24, 2.45) is 0 Å². The Labute approximate surface area is 172 Å². The Morgan fingerprint density at radius 3 is 2.72 bits per heavy atom. The molecule has 1 saturated heterocycles. The second-order valence-corrected chi connectivity index (χ2v) is 7.74. The van der Waals surface area contributed by atoms with Gasteiger partial charge in [0.25, 0.3) is 5.91 Å². The van der Waals surface area contributed by atoms with Crippen LogP contribution >= 0.6 is 11.3 Å². The number of nitrogens with one attached hydrogen (secondary N) is 1. The van der Waals surface area contributed by atoms with Crippen LogP contribution in [0.1, 0.15) is 41.9 Å². The van der Waals surface area contributed by atoms with Gasteiger partial charge in [0, 0.05) is 36.9 Å². The van der Waals surface area contributed by atoms with E-state index in [0.717, 1.165) is 37.9 Å². The molecular weight excluding hydrogens is 388 g/mol. The van der Waals surface area contributed by atoms with Gasteiger partial charge in [-0.2, -0.15) is 11.3 Å². The second kappa shape index (κ2) is 9.00. The number of piperidine rings is 1. The van der Waals surface area contributed by atoms with Crippen molar-refractivity contribution < 1.29 is 14.0 Å². The van der Waals surface area contributed by atoms with E-state index < -0.39 is 0 Å². The van der Waals surface area contributed by atoms with E-state index >= 15 is 0 Å². The van der Waals surface area contributed by atoms with Crippen molar-refractivity contribution in [2.75, 3.05) is 18.4 Å². The average Bonchev–Trinajstić information content (AvgIpc) is 3.45. The monoisotopic (exact) mass is 410 g/mol. The lowest BCUT2D eigenvalue weighted by atomic mass is 10.1. The first kappa shape index (κ1) is 19.3. The Kier molecular flexibility index (Phi) is 6.00. The molecule has 2 aromatic heterocycles. The van der Waals surface area contributed by atoms with Crippen LogP contribution in [0, 0.1) is 0 Å². The average molecular weight is 410 g/mol. The Balaban J connectivity index is 1.37. The fourth-order valence-corrected chi connectivity index (χ4v) is 3.97. The standard InChI is InChI=1S/C21H22N4O3S/c26-18(8-9-19-23-24-20(28-19)15-10-13-29-14-15)22-17-7-3-2-6-16(17)21(27)25-11-4-1-5-12-25/h2-3,6-7,10,13-14H,1,4-5,8-9,11-12H2,(H,22,26). The van der Waals surface area contributed by atoms with Crippen LogP contribution in [0.15, 0.2) is 45.5 Å². The highest BCUT2D eigenvalue weighted by Crippen LogP contribution is 2.22. The van der Waals surface area contributed by atoms with E-state index in [-0.39, 0.29) is 18.2 Å². The molecule has 3 heterocycles. The van der Waals surface area contributed by atoms with E-state index in [1.165, 1.54) is 0 Å². The fraction of sp³-hybridized carbons (Fsp3) is 0.333. The van der Waals surface area contributed by atoms with E-state index in [1.54, 1.807) is 23.5 Å². The predicted octanol–water partition coefficient (Wildman–Crippen LogP) is 4.00. The summed E-state index contributed by atoms with van der Waals surface area (Å²) in [6.07, 6.45) is 3.74. The van der Waals surface area contributed by atoms with Crippen molar-refractivity contribution in [2.45, 2.75) is 32.1 Å². The molecule has 29 heavy (non-hydrogen) atoms. The van der Waals surface area contributed by atoms with Crippen molar-refractivity contribution in [3.63, 3.8) is 0 Å². The van der Waals surface area contributed by atoms with Crippen LogP contribution in [0.4, 0.5) is 5.69 Å². The largest absolute Gasteiger partial charge is 0.421 e. The number of rotatable bonds is 6. The maximum atomic E-state index is 12.8. The van der Waals surface area contributed by atoms with Crippen LogP contribution in [0.2, 0.25) is 0 Å². The minimum absolute atomic E-state index is 0.0297. The number of anilines is 1. The Morgan fingerprint density at radius 2 is 1.93 bits per heavy atom. The summed E-state index contributed by atoms with van der Waals surface area (Å²) in [5, 5.41) is 14.8. The molecule has 3 aromatic rings. The molecule has 1 aliphatic rings. The van der Waals surface area contributed by atoms with Gasteiger partial charge < -0.3 is 14.6 Å². The van der Waals surface area contributed by atoms with Crippen molar-refractivity contribution in [1.29, 1.82) is 0 Å². The number of aryl methyl sites for hydroxylation is 1. The zero-order chi connectivity index (χ0) is 20.1. The summed E-state index contributed by atoms with van der Waals surface area (Å²) in [6.45, 7) is 1.54. The van der Waals surface area contributed by atoms with Gasteiger partial charge in [0.1, 0.15) is 0 Å². The van der Waals surface area contributed by atoms with E-state index in [9.17, 15) is 9.59 Å². The number of hydrogen-bond donors (Lipinski definition) is 1.